The van der Waals surface area contributed by atoms with Crippen molar-refractivity contribution in [1.82, 2.24) is 30.8 Å². The second-order valence-corrected chi connectivity index (χ2v) is 11.9. The number of carbonyl (C=O) groups is 2. The third kappa shape index (κ3) is 5.55. The Kier molecular flexibility index (Phi) is 7.81. The van der Waals surface area contributed by atoms with Crippen LogP contribution in [0.3, 0.4) is 0 Å². The molecule has 0 radical (unpaired) electrons. The molecular formula is C32H40N6O4. The maximum absolute atomic E-state index is 13.4. The van der Waals surface area contributed by atoms with Gasteiger partial charge in [-0.05, 0) is 74.8 Å². The largest absolute Gasteiger partial charge is 0.491 e. The van der Waals surface area contributed by atoms with Crippen LogP contribution in [0.15, 0.2) is 36.2 Å². The molecule has 5 N–H and O–H groups in total. The van der Waals surface area contributed by atoms with E-state index in [-0.39, 0.29) is 31.6 Å². The molecule has 222 valence electrons. The van der Waals surface area contributed by atoms with E-state index in [9.17, 15) is 14.7 Å². The third-order valence-electron chi connectivity index (χ3n) is 8.88. The lowest BCUT2D eigenvalue weighted by atomic mass is 9.84. The van der Waals surface area contributed by atoms with Crippen molar-refractivity contribution < 1.29 is 19.4 Å². The summed E-state index contributed by atoms with van der Waals surface area (Å²) >= 11 is 0. The fraction of sp³-hybridized carbons (Fsp3) is 0.469. The van der Waals surface area contributed by atoms with Crippen LogP contribution in [0.2, 0.25) is 0 Å². The molecular weight excluding hydrogens is 532 g/mol. The molecule has 0 bridgehead atoms. The first-order valence-corrected chi connectivity index (χ1v) is 15.0. The summed E-state index contributed by atoms with van der Waals surface area (Å²) in [6, 6.07) is 10.0. The number of benzene rings is 2. The Labute approximate surface area is 245 Å². The summed E-state index contributed by atoms with van der Waals surface area (Å²) in [4.78, 5) is 36.4. The van der Waals surface area contributed by atoms with Crippen LogP contribution in [-0.4, -0.2) is 63.8 Å². The number of hydrogen-bond donors (Lipinski definition) is 5. The lowest BCUT2D eigenvalue weighted by molar-refractivity contribution is -0.116. The van der Waals surface area contributed by atoms with Crippen molar-refractivity contribution in [1.29, 1.82) is 0 Å². The van der Waals surface area contributed by atoms with Crippen LogP contribution in [0, 0.1) is 19.8 Å². The lowest BCUT2D eigenvalue weighted by Crippen LogP contribution is -2.46. The standard InChI is InChI=1S/C32H40N6O4/c1-4-20-6-8-22(9-7-20)38-15-21-12-25-26(13-24(21)32(38)41)37-30(36-25)28-29(34-17-35-31(28)40)33-14-23(39)16-42-27-10-5-18(2)11-19(27)3/h5,10-13,20,22-23,33-34,39H,4,6-9,14-17H2,1-3H3,(H,35,40)(H,36,37)/t20?,22?,23-/m1/s1. The molecule has 1 saturated carbocycles. The van der Waals surface area contributed by atoms with E-state index in [1.54, 1.807) is 0 Å². The number of fused-ring (bicyclic) bond motifs is 2. The molecule has 1 fully saturated rings. The fourth-order valence-electron chi connectivity index (χ4n) is 6.43. The van der Waals surface area contributed by atoms with Crippen molar-refractivity contribution in [2.45, 2.75) is 71.6 Å². The summed E-state index contributed by atoms with van der Waals surface area (Å²) in [5.41, 5.74) is 5.59. The van der Waals surface area contributed by atoms with Gasteiger partial charge in [0.15, 0.2) is 0 Å². The minimum Gasteiger partial charge on any atom is -0.491 e. The molecule has 42 heavy (non-hydrogen) atoms. The van der Waals surface area contributed by atoms with E-state index in [0.29, 0.717) is 40.9 Å². The molecule has 10 nitrogen and oxygen atoms in total. The molecule has 6 rings (SSSR count). The van der Waals surface area contributed by atoms with Crippen LogP contribution in [0.1, 0.15) is 71.9 Å². The molecule has 1 aliphatic carbocycles. The number of amides is 2. The van der Waals surface area contributed by atoms with E-state index in [1.807, 2.05) is 49.1 Å². The number of H-pyrrole nitrogens is 1. The van der Waals surface area contributed by atoms with Gasteiger partial charge in [0.2, 0.25) is 0 Å². The highest BCUT2D eigenvalue weighted by atomic mass is 16.5. The number of hydrogen-bond acceptors (Lipinski definition) is 7. The Hall–Kier alpha value is -4.05. The van der Waals surface area contributed by atoms with Gasteiger partial charge < -0.3 is 35.7 Å². The van der Waals surface area contributed by atoms with E-state index >= 15 is 0 Å². The zero-order valence-electron chi connectivity index (χ0n) is 24.5. The zero-order chi connectivity index (χ0) is 29.4. The minimum atomic E-state index is -0.809. The van der Waals surface area contributed by atoms with Crippen LogP contribution in [0.5, 0.6) is 5.75 Å². The average Bonchev–Trinajstić information content (AvgIpc) is 3.54. The van der Waals surface area contributed by atoms with Crippen LogP contribution in [0.25, 0.3) is 16.6 Å². The maximum Gasteiger partial charge on any atom is 0.260 e. The van der Waals surface area contributed by atoms with E-state index < -0.39 is 6.10 Å². The first-order chi connectivity index (χ1) is 20.3. The van der Waals surface area contributed by atoms with Crippen molar-refractivity contribution in [3.63, 3.8) is 0 Å². The molecule has 10 heteroatoms. The van der Waals surface area contributed by atoms with E-state index in [0.717, 1.165) is 46.7 Å². The summed E-state index contributed by atoms with van der Waals surface area (Å²) in [6.45, 7) is 7.38. The number of rotatable bonds is 9. The van der Waals surface area contributed by atoms with Crippen molar-refractivity contribution in [3.8, 4) is 5.75 Å². The second-order valence-electron chi connectivity index (χ2n) is 11.9. The summed E-state index contributed by atoms with van der Waals surface area (Å²) in [5.74, 6) is 2.17. The van der Waals surface area contributed by atoms with Crippen molar-refractivity contribution in [3.05, 3.63) is 64.2 Å². The topological polar surface area (TPSA) is 132 Å². The minimum absolute atomic E-state index is 0.0760. The number of carbonyl (C=O) groups excluding carboxylic acids is 2. The summed E-state index contributed by atoms with van der Waals surface area (Å²) in [7, 11) is 0. The highest BCUT2D eigenvalue weighted by molar-refractivity contribution is 6.20. The molecule has 0 spiro atoms. The van der Waals surface area contributed by atoms with Crippen LogP contribution >= 0.6 is 0 Å². The molecule has 2 aromatic carbocycles. The summed E-state index contributed by atoms with van der Waals surface area (Å²) in [5, 5.41) is 19.7. The Bertz CT molecular complexity index is 1540. The third-order valence-corrected chi connectivity index (χ3v) is 8.88. The first-order valence-electron chi connectivity index (χ1n) is 15.0. The average molecular weight is 573 g/mol. The number of imidazole rings is 1. The van der Waals surface area contributed by atoms with Gasteiger partial charge in [-0.1, -0.05) is 31.0 Å². The van der Waals surface area contributed by atoms with E-state index in [1.165, 1.54) is 19.3 Å². The van der Waals surface area contributed by atoms with Crippen LogP contribution < -0.4 is 20.7 Å². The number of nitrogens with zero attached hydrogens (tertiary/aromatic N) is 2. The molecule has 3 aromatic rings. The molecule has 0 saturated heterocycles. The predicted molar refractivity (Wildman–Crippen MR) is 160 cm³/mol. The molecule has 0 unspecified atom stereocenters. The number of aliphatic hydroxyl groups excluding tert-OH is 1. The van der Waals surface area contributed by atoms with Gasteiger partial charge in [-0.3, -0.25) is 9.59 Å². The number of aromatic nitrogens is 2. The number of nitrogens with one attached hydrogen (secondary N) is 4. The molecule has 1 aromatic heterocycles. The first kappa shape index (κ1) is 28.1. The number of ether oxygens (including phenoxy) is 1. The second kappa shape index (κ2) is 11.7. The maximum atomic E-state index is 13.4. The van der Waals surface area contributed by atoms with Crippen molar-refractivity contribution in [2.75, 3.05) is 19.8 Å². The summed E-state index contributed by atoms with van der Waals surface area (Å²) in [6.07, 6.45) is 4.91. The summed E-state index contributed by atoms with van der Waals surface area (Å²) < 4.78 is 5.81. The number of aromatic amines is 1. The van der Waals surface area contributed by atoms with E-state index in [2.05, 4.69) is 27.9 Å². The highest BCUT2D eigenvalue weighted by Gasteiger charge is 2.35. The molecule has 3 heterocycles. The Morgan fingerprint density at radius 3 is 2.69 bits per heavy atom. The Balaban J connectivity index is 1.16. The number of aliphatic hydroxyl groups is 1. The van der Waals surface area contributed by atoms with Crippen LogP contribution in [0.4, 0.5) is 0 Å². The fourth-order valence-corrected chi connectivity index (χ4v) is 6.43. The van der Waals surface area contributed by atoms with Crippen molar-refractivity contribution >= 4 is 28.4 Å². The molecule has 1 atom stereocenters. The molecule has 2 aliphatic heterocycles. The van der Waals surface area contributed by atoms with Crippen molar-refractivity contribution in [2.24, 2.45) is 5.92 Å². The van der Waals surface area contributed by atoms with Gasteiger partial charge in [0, 0.05) is 24.7 Å². The lowest BCUT2D eigenvalue weighted by Gasteiger charge is -2.34. The van der Waals surface area contributed by atoms with Gasteiger partial charge >= 0.3 is 0 Å². The Morgan fingerprint density at radius 1 is 1.12 bits per heavy atom. The van der Waals surface area contributed by atoms with E-state index in [4.69, 9.17) is 9.72 Å². The van der Waals surface area contributed by atoms with Gasteiger partial charge in [-0.15, -0.1) is 0 Å². The van der Waals surface area contributed by atoms with Gasteiger partial charge in [0.1, 0.15) is 35.7 Å². The normalized spacial score (nSPS) is 21.3. The van der Waals surface area contributed by atoms with Gasteiger partial charge in [-0.2, -0.15) is 0 Å². The predicted octanol–water partition coefficient (Wildman–Crippen LogP) is 3.48. The Morgan fingerprint density at radius 2 is 1.93 bits per heavy atom. The molecule has 3 aliphatic rings. The monoisotopic (exact) mass is 572 g/mol. The molecule has 2 amide bonds. The van der Waals surface area contributed by atoms with Gasteiger partial charge in [0.25, 0.3) is 11.8 Å². The van der Waals surface area contributed by atoms with Gasteiger partial charge in [0.05, 0.1) is 17.7 Å². The number of aryl methyl sites for hydroxylation is 2. The van der Waals surface area contributed by atoms with Gasteiger partial charge in [-0.25, -0.2) is 4.98 Å². The zero-order valence-corrected chi connectivity index (χ0v) is 24.5. The smallest absolute Gasteiger partial charge is 0.260 e. The van der Waals surface area contributed by atoms with Crippen LogP contribution in [-0.2, 0) is 11.3 Å². The quantitative estimate of drug-likeness (QED) is 0.265. The SMILES string of the molecule is CCC1CCC(N2Cc3cc4[nH]c(C5=C(NC[C@@H](O)COc6ccc(C)cc6C)NCNC5=O)nc4cc3C2=O)CC1. The highest BCUT2D eigenvalue weighted by Crippen LogP contribution is 2.35.